The molecule has 0 spiro atoms. The molecule has 16 heavy (non-hydrogen) atoms. The maximum Gasteiger partial charge on any atom is 0.242 e. The number of methoxy groups -OCH3 is 2. The SMILES string of the molecule is COC(OC)C1=[N+]([O-])C(C)(C)N(C)C1(C)C. The third kappa shape index (κ3) is 1.63. The van der Waals surface area contributed by atoms with Crippen molar-refractivity contribution in [1.29, 1.82) is 0 Å². The van der Waals surface area contributed by atoms with E-state index in [9.17, 15) is 5.21 Å². The Morgan fingerprint density at radius 2 is 1.62 bits per heavy atom. The highest BCUT2D eigenvalue weighted by atomic mass is 16.7. The van der Waals surface area contributed by atoms with Crippen LogP contribution in [0.1, 0.15) is 27.7 Å². The second-order valence-corrected chi connectivity index (χ2v) is 5.10. The third-order valence-corrected chi connectivity index (χ3v) is 3.65. The maximum absolute atomic E-state index is 12.3. The summed E-state index contributed by atoms with van der Waals surface area (Å²) in [5.41, 5.74) is -0.374. The Balaban J connectivity index is 3.28. The second-order valence-electron chi connectivity index (χ2n) is 5.10. The molecule has 0 bridgehead atoms. The molecule has 0 aromatic carbocycles. The van der Waals surface area contributed by atoms with E-state index in [4.69, 9.17) is 9.47 Å². The zero-order valence-corrected chi connectivity index (χ0v) is 11.2. The second kappa shape index (κ2) is 3.98. The largest absolute Gasteiger partial charge is 0.622 e. The topological polar surface area (TPSA) is 47.8 Å². The number of hydroxylamine groups is 1. The van der Waals surface area contributed by atoms with Crippen LogP contribution < -0.4 is 0 Å². The van der Waals surface area contributed by atoms with Crippen molar-refractivity contribution in [3.8, 4) is 0 Å². The lowest BCUT2D eigenvalue weighted by molar-refractivity contribution is -0.559. The van der Waals surface area contributed by atoms with Gasteiger partial charge in [0.2, 0.25) is 17.7 Å². The monoisotopic (exact) mass is 230 g/mol. The van der Waals surface area contributed by atoms with Gasteiger partial charge in [-0.25, -0.2) is 4.90 Å². The summed E-state index contributed by atoms with van der Waals surface area (Å²) >= 11 is 0. The van der Waals surface area contributed by atoms with Gasteiger partial charge in [0.05, 0.1) is 0 Å². The van der Waals surface area contributed by atoms with Gasteiger partial charge in [-0.1, -0.05) is 0 Å². The number of rotatable bonds is 3. The van der Waals surface area contributed by atoms with E-state index >= 15 is 0 Å². The van der Waals surface area contributed by atoms with Crippen LogP contribution in [-0.4, -0.2) is 54.1 Å². The van der Waals surface area contributed by atoms with Crippen LogP contribution in [0.15, 0.2) is 0 Å². The van der Waals surface area contributed by atoms with Gasteiger partial charge in [-0.05, 0) is 20.9 Å². The first-order valence-electron chi connectivity index (χ1n) is 5.35. The van der Waals surface area contributed by atoms with Gasteiger partial charge in [0, 0.05) is 28.1 Å². The molecule has 0 saturated carbocycles. The minimum Gasteiger partial charge on any atom is -0.622 e. The molecule has 0 fully saturated rings. The third-order valence-electron chi connectivity index (χ3n) is 3.65. The molecule has 0 saturated heterocycles. The average molecular weight is 230 g/mol. The summed E-state index contributed by atoms with van der Waals surface area (Å²) < 4.78 is 11.4. The van der Waals surface area contributed by atoms with Crippen molar-refractivity contribution in [3.05, 3.63) is 5.21 Å². The first-order valence-corrected chi connectivity index (χ1v) is 5.35. The van der Waals surface area contributed by atoms with E-state index < -0.39 is 12.0 Å². The molecule has 0 aromatic heterocycles. The predicted molar refractivity (Wildman–Crippen MR) is 62.4 cm³/mol. The summed E-state index contributed by atoms with van der Waals surface area (Å²) in [6.07, 6.45) is -0.600. The summed E-state index contributed by atoms with van der Waals surface area (Å²) in [5.74, 6) is 0. The molecule has 5 heteroatoms. The van der Waals surface area contributed by atoms with Gasteiger partial charge in [-0.2, -0.15) is 4.74 Å². The highest BCUT2D eigenvalue weighted by Crippen LogP contribution is 2.34. The number of hydrogen-bond acceptors (Lipinski definition) is 4. The molecule has 1 rings (SSSR count). The van der Waals surface area contributed by atoms with Crippen molar-refractivity contribution < 1.29 is 14.2 Å². The highest BCUT2D eigenvalue weighted by Gasteiger charge is 2.57. The lowest BCUT2D eigenvalue weighted by Gasteiger charge is -2.32. The fourth-order valence-corrected chi connectivity index (χ4v) is 2.24. The average Bonchev–Trinajstić information content (AvgIpc) is 2.32. The van der Waals surface area contributed by atoms with Crippen molar-refractivity contribution >= 4 is 5.71 Å². The molecular weight excluding hydrogens is 208 g/mol. The van der Waals surface area contributed by atoms with Crippen LogP contribution in [0.5, 0.6) is 0 Å². The lowest BCUT2D eigenvalue weighted by atomic mass is 9.96. The van der Waals surface area contributed by atoms with Gasteiger partial charge >= 0.3 is 0 Å². The highest BCUT2D eigenvalue weighted by molar-refractivity contribution is 5.92. The zero-order valence-electron chi connectivity index (χ0n) is 11.2. The Bertz CT molecular complexity index is 306. The Labute approximate surface area is 97.2 Å². The van der Waals surface area contributed by atoms with Crippen LogP contribution in [0.25, 0.3) is 0 Å². The minimum atomic E-state index is -0.600. The van der Waals surface area contributed by atoms with Crippen LogP contribution >= 0.6 is 0 Å². The van der Waals surface area contributed by atoms with Crippen LogP contribution in [0, 0.1) is 5.21 Å². The number of hydrogen-bond donors (Lipinski definition) is 0. The van der Waals surface area contributed by atoms with E-state index in [-0.39, 0.29) is 5.54 Å². The van der Waals surface area contributed by atoms with Crippen molar-refractivity contribution in [1.82, 2.24) is 4.90 Å². The van der Waals surface area contributed by atoms with Crippen LogP contribution in [0.4, 0.5) is 0 Å². The quantitative estimate of drug-likeness (QED) is 0.412. The molecule has 1 aliphatic heterocycles. The first-order chi connectivity index (χ1) is 7.21. The molecule has 0 atom stereocenters. The number of ether oxygens (including phenoxy) is 2. The van der Waals surface area contributed by atoms with Crippen LogP contribution in [0.2, 0.25) is 0 Å². The van der Waals surface area contributed by atoms with Gasteiger partial charge in [-0.3, -0.25) is 0 Å². The lowest BCUT2D eigenvalue weighted by Crippen LogP contribution is -2.52. The molecular formula is C11H22N2O3. The van der Waals surface area contributed by atoms with Crippen molar-refractivity contribution in [2.24, 2.45) is 0 Å². The molecule has 0 N–H and O–H groups in total. The molecule has 94 valence electrons. The molecule has 0 amide bonds. The molecule has 0 unspecified atom stereocenters. The van der Waals surface area contributed by atoms with Crippen molar-refractivity contribution in [3.63, 3.8) is 0 Å². The van der Waals surface area contributed by atoms with E-state index in [1.165, 1.54) is 14.2 Å². The Kier molecular flexibility index (Phi) is 3.34. The first kappa shape index (κ1) is 13.4. The molecule has 0 aliphatic carbocycles. The van der Waals surface area contributed by atoms with Gasteiger partial charge in [0.15, 0.2) is 0 Å². The van der Waals surface area contributed by atoms with E-state index in [2.05, 4.69) is 0 Å². The van der Waals surface area contributed by atoms with E-state index in [0.717, 1.165) is 4.74 Å². The van der Waals surface area contributed by atoms with Gasteiger partial charge in [-0.15, -0.1) is 0 Å². The zero-order chi connectivity index (χ0) is 12.7. The summed E-state index contributed by atoms with van der Waals surface area (Å²) in [7, 11) is 5.01. The fourth-order valence-electron chi connectivity index (χ4n) is 2.24. The Morgan fingerprint density at radius 3 is 1.88 bits per heavy atom. The normalized spacial score (nSPS) is 24.5. The van der Waals surface area contributed by atoms with Crippen LogP contribution in [0.3, 0.4) is 0 Å². The van der Waals surface area contributed by atoms with Crippen molar-refractivity contribution in [2.45, 2.75) is 45.2 Å². The predicted octanol–water partition coefficient (Wildman–Crippen LogP) is 1.02. The Hall–Kier alpha value is -0.650. The van der Waals surface area contributed by atoms with E-state index in [1.54, 1.807) is 0 Å². The fraction of sp³-hybridized carbons (Fsp3) is 0.909. The molecule has 1 aliphatic rings. The van der Waals surface area contributed by atoms with E-state index in [1.807, 2.05) is 39.6 Å². The summed E-state index contributed by atoms with van der Waals surface area (Å²) in [6.45, 7) is 7.76. The standard InChI is InChI=1S/C11H22N2O3/c1-10(2)8(9(15-6)16-7)13(14)11(3,4)12(10)5/h9H,1-7H3. The maximum atomic E-state index is 12.3. The smallest absolute Gasteiger partial charge is 0.242 e. The molecule has 0 aromatic rings. The summed E-state index contributed by atoms with van der Waals surface area (Å²) in [6, 6.07) is 0. The Morgan fingerprint density at radius 1 is 1.19 bits per heavy atom. The van der Waals surface area contributed by atoms with Gasteiger partial charge in [0.25, 0.3) is 0 Å². The summed E-state index contributed by atoms with van der Waals surface area (Å²) in [5, 5.41) is 12.3. The minimum absolute atomic E-state index is 0.387. The van der Waals surface area contributed by atoms with Gasteiger partial charge < -0.3 is 14.7 Å². The van der Waals surface area contributed by atoms with E-state index in [0.29, 0.717) is 5.71 Å². The molecule has 0 radical (unpaired) electrons. The van der Waals surface area contributed by atoms with Crippen LogP contribution in [-0.2, 0) is 9.47 Å². The van der Waals surface area contributed by atoms with Gasteiger partial charge in [0.1, 0.15) is 5.54 Å². The molecule has 5 nitrogen and oxygen atoms in total. The number of nitrogens with zero attached hydrogens (tertiary/aromatic N) is 2. The molecule has 1 heterocycles. The van der Waals surface area contributed by atoms with Crippen molar-refractivity contribution in [2.75, 3.05) is 21.3 Å². The summed E-state index contributed by atoms with van der Waals surface area (Å²) in [4.78, 5) is 2.02.